The Labute approximate surface area is 158 Å². The molecule has 1 aliphatic heterocycles. The van der Waals surface area contributed by atoms with Gasteiger partial charge in [-0.15, -0.1) is 0 Å². The van der Waals surface area contributed by atoms with Crippen molar-refractivity contribution < 1.29 is 14.0 Å². The van der Waals surface area contributed by atoms with E-state index in [1.54, 1.807) is 25.9 Å². The second kappa shape index (κ2) is 7.81. The predicted octanol–water partition coefficient (Wildman–Crippen LogP) is 1.56. The predicted molar refractivity (Wildman–Crippen MR) is 98.1 cm³/mol. The van der Waals surface area contributed by atoms with Crippen LogP contribution in [0.3, 0.4) is 0 Å². The summed E-state index contributed by atoms with van der Waals surface area (Å²) in [7, 11) is 3.50. The van der Waals surface area contributed by atoms with Crippen molar-refractivity contribution in [2.75, 3.05) is 20.6 Å². The maximum atomic E-state index is 12.3. The largest absolute Gasteiger partial charge is 0.435 e. The molecular formula is C18H26N6O3. The molecular weight excluding hydrogens is 348 g/mol. The van der Waals surface area contributed by atoms with E-state index >= 15 is 0 Å². The van der Waals surface area contributed by atoms with E-state index in [0.29, 0.717) is 37.6 Å². The minimum absolute atomic E-state index is 0.00738. The smallest absolute Gasteiger partial charge is 0.319 e. The number of hydrogen-bond acceptors (Lipinski definition) is 5. The summed E-state index contributed by atoms with van der Waals surface area (Å²) in [5, 5.41) is 7.40. The summed E-state index contributed by atoms with van der Waals surface area (Å²) in [6.07, 6.45) is 1.49. The van der Waals surface area contributed by atoms with E-state index in [-0.39, 0.29) is 17.7 Å². The van der Waals surface area contributed by atoms with Gasteiger partial charge in [0.1, 0.15) is 0 Å². The van der Waals surface area contributed by atoms with Crippen LogP contribution >= 0.6 is 0 Å². The topological polar surface area (TPSA) is 96.5 Å². The lowest BCUT2D eigenvalue weighted by Gasteiger charge is -2.23. The minimum atomic E-state index is -0.299. The van der Waals surface area contributed by atoms with Crippen molar-refractivity contribution in [3.63, 3.8) is 0 Å². The summed E-state index contributed by atoms with van der Waals surface area (Å²) in [5.41, 5.74) is 2.31. The molecule has 1 N–H and O–H groups in total. The van der Waals surface area contributed by atoms with Gasteiger partial charge in [0.05, 0.1) is 30.2 Å². The van der Waals surface area contributed by atoms with Crippen LogP contribution in [-0.2, 0) is 26.1 Å². The molecule has 27 heavy (non-hydrogen) atoms. The molecule has 0 saturated heterocycles. The Kier molecular flexibility index (Phi) is 5.48. The Hall–Kier alpha value is -2.84. The molecule has 0 unspecified atom stereocenters. The minimum Gasteiger partial charge on any atom is -0.435 e. The van der Waals surface area contributed by atoms with Crippen molar-refractivity contribution in [3.8, 4) is 0 Å². The van der Waals surface area contributed by atoms with Crippen molar-refractivity contribution in [2.45, 2.75) is 46.3 Å². The third-order valence-corrected chi connectivity index (χ3v) is 4.50. The van der Waals surface area contributed by atoms with E-state index in [4.69, 9.17) is 4.42 Å². The number of rotatable bonds is 4. The highest BCUT2D eigenvalue weighted by atomic mass is 16.4. The Bertz CT molecular complexity index is 838. The van der Waals surface area contributed by atoms with Gasteiger partial charge in [-0.25, -0.2) is 9.78 Å². The monoisotopic (exact) mass is 374 g/mol. The number of aromatic nitrogens is 3. The molecule has 3 heterocycles. The molecule has 146 valence electrons. The lowest BCUT2D eigenvalue weighted by Crippen LogP contribution is -2.38. The Morgan fingerprint density at radius 2 is 2.11 bits per heavy atom. The fraction of sp³-hybridized carbons (Fsp3) is 0.556. The van der Waals surface area contributed by atoms with Gasteiger partial charge in [-0.3, -0.25) is 9.48 Å². The third-order valence-electron chi connectivity index (χ3n) is 4.50. The molecule has 0 spiro atoms. The Balaban J connectivity index is 1.66. The second-order valence-corrected chi connectivity index (χ2v) is 6.86. The normalized spacial score (nSPS) is 13.9. The van der Waals surface area contributed by atoms with Crippen LogP contribution in [0, 0.1) is 6.92 Å². The van der Waals surface area contributed by atoms with Gasteiger partial charge in [-0.1, -0.05) is 6.92 Å². The molecule has 9 nitrogen and oxygen atoms in total. The third kappa shape index (κ3) is 4.12. The lowest BCUT2D eigenvalue weighted by molar-refractivity contribution is 0.0920. The van der Waals surface area contributed by atoms with Gasteiger partial charge in [0.25, 0.3) is 5.91 Å². The van der Waals surface area contributed by atoms with Crippen LogP contribution < -0.4 is 5.32 Å². The van der Waals surface area contributed by atoms with Gasteiger partial charge in [0.2, 0.25) is 5.76 Å². The average molecular weight is 374 g/mol. The number of oxazole rings is 1. The highest BCUT2D eigenvalue weighted by Gasteiger charge is 2.22. The molecule has 3 amide bonds. The lowest BCUT2D eigenvalue weighted by atomic mass is 10.3. The summed E-state index contributed by atoms with van der Waals surface area (Å²) < 4.78 is 7.39. The number of nitrogens with zero attached hydrogens (tertiary/aromatic N) is 5. The van der Waals surface area contributed by atoms with Crippen molar-refractivity contribution in [2.24, 2.45) is 0 Å². The first-order chi connectivity index (χ1) is 12.9. The SMILES string of the molecule is CCc1nc(C)c(C(=O)NCc2cc3n(n2)CCCN(C(=O)N(C)C)C3)o1. The van der Waals surface area contributed by atoms with Crippen LogP contribution in [0.2, 0.25) is 0 Å². The molecule has 3 rings (SSSR count). The summed E-state index contributed by atoms with van der Waals surface area (Å²) in [4.78, 5) is 32.2. The zero-order valence-corrected chi connectivity index (χ0v) is 16.3. The van der Waals surface area contributed by atoms with E-state index < -0.39 is 0 Å². The molecule has 1 aliphatic rings. The molecule has 0 fully saturated rings. The van der Waals surface area contributed by atoms with Gasteiger partial charge in [0, 0.05) is 33.6 Å². The fourth-order valence-electron chi connectivity index (χ4n) is 3.12. The van der Waals surface area contributed by atoms with Crippen LogP contribution in [-0.4, -0.2) is 57.1 Å². The van der Waals surface area contributed by atoms with Gasteiger partial charge in [-0.2, -0.15) is 5.10 Å². The second-order valence-electron chi connectivity index (χ2n) is 6.86. The van der Waals surface area contributed by atoms with E-state index in [1.807, 2.05) is 22.6 Å². The number of aryl methyl sites for hydroxylation is 3. The number of carbonyl (C=O) groups is 2. The molecule has 0 radical (unpaired) electrons. The van der Waals surface area contributed by atoms with Crippen LogP contribution in [0.15, 0.2) is 10.5 Å². The number of nitrogens with one attached hydrogen (secondary N) is 1. The van der Waals surface area contributed by atoms with Crippen molar-refractivity contribution in [1.29, 1.82) is 0 Å². The number of hydrogen-bond donors (Lipinski definition) is 1. The van der Waals surface area contributed by atoms with E-state index in [2.05, 4.69) is 15.4 Å². The Morgan fingerprint density at radius 3 is 2.78 bits per heavy atom. The van der Waals surface area contributed by atoms with Gasteiger partial charge >= 0.3 is 6.03 Å². The van der Waals surface area contributed by atoms with Crippen molar-refractivity contribution >= 4 is 11.9 Å². The highest BCUT2D eigenvalue weighted by Crippen LogP contribution is 2.15. The number of urea groups is 1. The number of amides is 3. The number of carbonyl (C=O) groups excluding carboxylic acids is 2. The summed E-state index contributed by atoms with van der Waals surface area (Å²) >= 11 is 0. The van der Waals surface area contributed by atoms with Crippen LogP contribution in [0.25, 0.3) is 0 Å². The fourth-order valence-corrected chi connectivity index (χ4v) is 3.12. The molecule has 0 aliphatic carbocycles. The van der Waals surface area contributed by atoms with Gasteiger partial charge < -0.3 is 19.5 Å². The van der Waals surface area contributed by atoms with E-state index in [0.717, 1.165) is 24.4 Å². The molecule has 0 atom stereocenters. The standard InChI is InChI=1S/C18H26N6O3/c1-5-15-20-12(2)16(27-15)17(25)19-10-13-9-14-11-23(18(26)22(3)4)7-6-8-24(14)21-13/h9H,5-8,10-11H2,1-4H3,(H,19,25). The summed E-state index contributed by atoms with van der Waals surface area (Å²) in [5.74, 6) is 0.500. The zero-order valence-electron chi connectivity index (χ0n) is 16.3. The average Bonchev–Trinajstić information content (AvgIpc) is 3.15. The molecule has 0 bridgehead atoms. The van der Waals surface area contributed by atoms with Crippen LogP contribution in [0.4, 0.5) is 4.79 Å². The Morgan fingerprint density at radius 1 is 1.33 bits per heavy atom. The first-order valence-corrected chi connectivity index (χ1v) is 9.15. The summed E-state index contributed by atoms with van der Waals surface area (Å²) in [6, 6.07) is 1.93. The van der Waals surface area contributed by atoms with E-state index in [1.165, 1.54) is 0 Å². The summed E-state index contributed by atoms with van der Waals surface area (Å²) in [6.45, 7) is 5.95. The van der Waals surface area contributed by atoms with E-state index in [9.17, 15) is 9.59 Å². The van der Waals surface area contributed by atoms with Crippen molar-refractivity contribution in [1.82, 2.24) is 29.9 Å². The maximum absolute atomic E-state index is 12.3. The molecule has 2 aromatic heterocycles. The maximum Gasteiger partial charge on any atom is 0.319 e. The van der Waals surface area contributed by atoms with Crippen LogP contribution in [0.5, 0.6) is 0 Å². The van der Waals surface area contributed by atoms with Gasteiger partial charge in [0.15, 0.2) is 5.89 Å². The molecule has 0 aromatic carbocycles. The first-order valence-electron chi connectivity index (χ1n) is 9.15. The first kappa shape index (κ1) is 18.9. The molecule has 0 saturated carbocycles. The highest BCUT2D eigenvalue weighted by molar-refractivity contribution is 5.92. The quantitative estimate of drug-likeness (QED) is 0.876. The van der Waals surface area contributed by atoms with Gasteiger partial charge in [-0.05, 0) is 19.4 Å². The number of fused-ring (bicyclic) bond motifs is 1. The van der Waals surface area contributed by atoms with Crippen molar-refractivity contribution in [3.05, 3.63) is 34.8 Å². The van der Waals surface area contributed by atoms with Crippen LogP contribution in [0.1, 0.15) is 46.9 Å². The zero-order chi connectivity index (χ0) is 19.6. The molecule has 2 aromatic rings. The molecule has 9 heteroatoms.